The van der Waals surface area contributed by atoms with Crippen LogP contribution in [-0.4, -0.2) is 22.0 Å². The first-order chi connectivity index (χ1) is 7.31. The molecule has 0 aliphatic heterocycles. The van der Waals surface area contributed by atoms with E-state index in [1.165, 1.54) is 30.4 Å². The molecule has 0 amide bonds. The number of rotatable bonds is 3. The normalized spacial score (nSPS) is 10.2. The van der Waals surface area contributed by atoms with Crippen LogP contribution in [0.2, 0.25) is 0 Å². The van der Waals surface area contributed by atoms with Gasteiger partial charge in [0.15, 0.2) is 10.9 Å². The molecule has 0 aliphatic carbocycles. The predicted molar refractivity (Wildman–Crippen MR) is 56.0 cm³/mol. The summed E-state index contributed by atoms with van der Waals surface area (Å²) >= 11 is 1.43. The molecule has 0 radical (unpaired) electrons. The molecule has 2 rings (SSSR count). The van der Waals surface area contributed by atoms with Gasteiger partial charge in [-0.2, -0.15) is 0 Å². The molecule has 0 aromatic carbocycles. The fourth-order valence-electron chi connectivity index (χ4n) is 1.09. The van der Waals surface area contributed by atoms with Crippen LogP contribution in [0.1, 0.15) is 16.1 Å². The summed E-state index contributed by atoms with van der Waals surface area (Å²) in [4.78, 5) is 19.8. The summed E-state index contributed by atoms with van der Waals surface area (Å²) in [7, 11) is 0. The van der Waals surface area contributed by atoms with E-state index in [0.717, 1.165) is 0 Å². The fourth-order valence-corrected chi connectivity index (χ4v) is 1.41. The van der Waals surface area contributed by atoms with Crippen LogP contribution >= 0.6 is 11.8 Å². The van der Waals surface area contributed by atoms with Crippen LogP contribution in [0.5, 0.6) is 0 Å². The van der Waals surface area contributed by atoms with Gasteiger partial charge in [-0.1, -0.05) is 11.8 Å². The van der Waals surface area contributed by atoms with Crippen LogP contribution in [0.3, 0.4) is 0 Å². The Morgan fingerprint density at radius 2 is 2.13 bits per heavy atom. The van der Waals surface area contributed by atoms with Gasteiger partial charge in [-0.3, -0.25) is 4.79 Å². The van der Waals surface area contributed by atoms with Gasteiger partial charge in [-0.25, -0.2) is 9.97 Å². The Morgan fingerprint density at radius 3 is 2.67 bits per heavy atom. The minimum atomic E-state index is -0.201. The minimum Gasteiger partial charge on any atom is -0.461 e. The van der Waals surface area contributed by atoms with Gasteiger partial charge in [0.1, 0.15) is 0 Å². The monoisotopic (exact) mass is 220 g/mol. The SMILES string of the molecule is CSc1ncc(C(=O)c2ccco2)cn1. The Hall–Kier alpha value is -1.62. The van der Waals surface area contributed by atoms with Crippen LogP contribution in [0.4, 0.5) is 0 Å². The highest BCUT2D eigenvalue weighted by Crippen LogP contribution is 2.11. The highest BCUT2D eigenvalue weighted by molar-refractivity contribution is 7.98. The average Bonchev–Trinajstić information content (AvgIpc) is 2.82. The number of aromatic nitrogens is 2. The summed E-state index contributed by atoms with van der Waals surface area (Å²) in [6, 6.07) is 3.29. The number of nitrogens with zero attached hydrogens (tertiary/aromatic N) is 2. The van der Waals surface area contributed by atoms with Crippen molar-refractivity contribution in [2.24, 2.45) is 0 Å². The van der Waals surface area contributed by atoms with Crippen LogP contribution in [-0.2, 0) is 0 Å². The number of furan rings is 1. The molecule has 0 unspecified atom stereocenters. The maximum atomic E-state index is 11.7. The van der Waals surface area contributed by atoms with Crippen LogP contribution in [0.15, 0.2) is 40.4 Å². The molecule has 0 spiro atoms. The van der Waals surface area contributed by atoms with Gasteiger partial charge >= 0.3 is 0 Å². The summed E-state index contributed by atoms with van der Waals surface area (Å²) in [5.41, 5.74) is 0.433. The average molecular weight is 220 g/mol. The van der Waals surface area contributed by atoms with Gasteiger partial charge in [-0.05, 0) is 18.4 Å². The second kappa shape index (κ2) is 4.27. The molecule has 4 nitrogen and oxygen atoms in total. The first-order valence-corrected chi connectivity index (χ1v) is 5.48. The van der Waals surface area contributed by atoms with Crippen molar-refractivity contribution in [2.75, 3.05) is 6.26 Å². The van der Waals surface area contributed by atoms with E-state index in [0.29, 0.717) is 16.5 Å². The molecule has 5 heteroatoms. The zero-order chi connectivity index (χ0) is 10.7. The summed E-state index contributed by atoms with van der Waals surface area (Å²) in [5, 5.41) is 0.644. The van der Waals surface area contributed by atoms with Crippen LogP contribution in [0.25, 0.3) is 0 Å². The number of carbonyl (C=O) groups is 1. The van der Waals surface area contributed by atoms with Crippen molar-refractivity contribution >= 4 is 17.5 Å². The van der Waals surface area contributed by atoms with Gasteiger partial charge in [-0.15, -0.1) is 0 Å². The molecule has 15 heavy (non-hydrogen) atoms. The standard InChI is InChI=1S/C10H8N2O2S/c1-15-10-11-5-7(6-12-10)9(13)8-3-2-4-14-8/h2-6H,1H3. The molecule has 0 saturated carbocycles. The topological polar surface area (TPSA) is 56.0 Å². The predicted octanol–water partition coefficient (Wildman–Crippen LogP) is 2.02. The summed E-state index contributed by atoms with van der Waals surface area (Å²) in [6.45, 7) is 0. The van der Waals surface area contributed by atoms with Crippen molar-refractivity contribution < 1.29 is 9.21 Å². The number of hydrogen-bond acceptors (Lipinski definition) is 5. The maximum absolute atomic E-state index is 11.7. The molecule has 2 aromatic heterocycles. The molecular formula is C10H8N2O2S. The van der Waals surface area contributed by atoms with Crippen molar-refractivity contribution in [3.63, 3.8) is 0 Å². The van der Waals surface area contributed by atoms with E-state index < -0.39 is 0 Å². The molecule has 0 atom stereocenters. The molecule has 76 valence electrons. The zero-order valence-electron chi connectivity index (χ0n) is 8.01. The lowest BCUT2D eigenvalue weighted by Gasteiger charge is -1.97. The fraction of sp³-hybridized carbons (Fsp3) is 0.100. The lowest BCUT2D eigenvalue weighted by atomic mass is 10.2. The molecule has 2 aromatic rings. The van der Waals surface area contributed by atoms with Crippen molar-refractivity contribution in [1.82, 2.24) is 9.97 Å². The van der Waals surface area contributed by atoms with E-state index in [4.69, 9.17) is 4.42 Å². The second-order valence-electron chi connectivity index (χ2n) is 2.76. The molecular weight excluding hydrogens is 212 g/mol. The van der Waals surface area contributed by atoms with E-state index in [1.54, 1.807) is 12.1 Å². The molecule has 2 heterocycles. The van der Waals surface area contributed by atoms with Crippen molar-refractivity contribution in [1.29, 1.82) is 0 Å². The first-order valence-electron chi connectivity index (χ1n) is 4.25. The number of carbonyl (C=O) groups excluding carboxylic acids is 1. The number of ketones is 1. The third-order valence-corrected chi connectivity index (χ3v) is 2.39. The summed E-state index contributed by atoms with van der Waals surface area (Å²) in [6.07, 6.45) is 6.35. The van der Waals surface area contributed by atoms with E-state index in [2.05, 4.69) is 9.97 Å². The molecule has 0 aliphatic rings. The summed E-state index contributed by atoms with van der Waals surface area (Å²) in [5.74, 6) is 0.100. The summed E-state index contributed by atoms with van der Waals surface area (Å²) < 4.78 is 5.00. The Balaban J connectivity index is 2.27. The van der Waals surface area contributed by atoms with Crippen LogP contribution in [0, 0.1) is 0 Å². The molecule has 0 saturated heterocycles. The zero-order valence-corrected chi connectivity index (χ0v) is 8.82. The Kier molecular flexibility index (Phi) is 2.82. The molecule has 0 N–H and O–H groups in total. The Bertz CT molecular complexity index is 451. The molecule has 0 bridgehead atoms. The van der Waals surface area contributed by atoms with E-state index in [9.17, 15) is 4.79 Å². The van der Waals surface area contributed by atoms with Crippen molar-refractivity contribution in [2.45, 2.75) is 5.16 Å². The lowest BCUT2D eigenvalue weighted by molar-refractivity contribution is 0.101. The van der Waals surface area contributed by atoms with Crippen LogP contribution < -0.4 is 0 Å². The number of thioether (sulfide) groups is 1. The van der Waals surface area contributed by atoms with Gasteiger partial charge in [0.25, 0.3) is 0 Å². The minimum absolute atomic E-state index is 0.201. The Labute approximate surface area is 90.7 Å². The second-order valence-corrected chi connectivity index (χ2v) is 3.54. The van der Waals surface area contributed by atoms with Gasteiger partial charge < -0.3 is 4.42 Å². The maximum Gasteiger partial charge on any atom is 0.231 e. The van der Waals surface area contributed by atoms with Gasteiger partial charge in [0.2, 0.25) is 5.78 Å². The Morgan fingerprint density at radius 1 is 1.40 bits per heavy atom. The highest BCUT2D eigenvalue weighted by atomic mass is 32.2. The van der Waals surface area contributed by atoms with Crippen molar-refractivity contribution in [3.8, 4) is 0 Å². The van der Waals surface area contributed by atoms with Crippen molar-refractivity contribution in [3.05, 3.63) is 42.1 Å². The largest absolute Gasteiger partial charge is 0.461 e. The van der Waals surface area contributed by atoms with E-state index in [1.807, 2.05) is 6.26 Å². The third kappa shape index (κ3) is 2.07. The van der Waals surface area contributed by atoms with Gasteiger partial charge in [0, 0.05) is 12.4 Å². The molecule has 0 fully saturated rings. The van der Waals surface area contributed by atoms with Gasteiger partial charge in [0.05, 0.1) is 11.8 Å². The highest BCUT2D eigenvalue weighted by Gasteiger charge is 2.12. The quantitative estimate of drug-likeness (QED) is 0.450. The number of hydrogen-bond donors (Lipinski definition) is 0. The first kappa shape index (κ1) is 9.92. The lowest BCUT2D eigenvalue weighted by Crippen LogP contribution is -2.01. The third-order valence-electron chi connectivity index (χ3n) is 1.82. The van der Waals surface area contributed by atoms with E-state index in [-0.39, 0.29) is 5.78 Å². The smallest absolute Gasteiger partial charge is 0.231 e. The van der Waals surface area contributed by atoms with E-state index >= 15 is 0 Å².